The van der Waals surface area contributed by atoms with Gasteiger partial charge in [-0.1, -0.05) is 0 Å². The van der Waals surface area contributed by atoms with Gasteiger partial charge in [0.2, 0.25) is 0 Å². The number of hydrogen-bond acceptors (Lipinski definition) is 4. The van der Waals surface area contributed by atoms with Crippen molar-refractivity contribution in [2.45, 2.75) is 20.8 Å². The molecule has 0 aliphatic carbocycles. The van der Waals surface area contributed by atoms with Crippen LogP contribution in [0.2, 0.25) is 0 Å². The third kappa shape index (κ3) is 1.89. The van der Waals surface area contributed by atoms with Crippen molar-refractivity contribution in [3.8, 4) is 5.95 Å². The lowest BCUT2D eigenvalue weighted by Gasteiger charge is -2.04. The number of nitrogens with zero attached hydrogens (tertiary/aromatic N) is 4. The van der Waals surface area contributed by atoms with Crippen molar-refractivity contribution in [2.24, 2.45) is 0 Å². The largest absolute Gasteiger partial charge is 0.383 e. The van der Waals surface area contributed by atoms with Crippen molar-refractivity contribution in [3.05, 3.63) is 26.7 Å². The van der Waals surface area contributed by atoms with Crippen LogP contribution in [0.3, 0.4) is 0 Å². The number of rotatable bonds is 1. The Labute approximate surface area is 107 Å². The van der Waals surface area contributed by atoms with Gasteiger partial charge in [0.25, 0.3) is 5.95 Å². The van der Waals surface area contributed by atoms with E-state index in [9.17, 15) is 0 Å². The first kappa shape index (κ1) is 11.3. The van der Waals surface area contributed by atoms with E-state index in [1.807, 2.05) is 26.8 Å². The topological polar surface area (TPSA) is 69.6 Å². The molecule has 0 aliphatic rings. The lowest BCUT2D eigenvalue weighted by molar-refractivity contribution is 0.792. The zero-order valence-electron chi connectivity index (χ0n) is 9.32. The summed E-state index contributed by atoms with van der Waals surface area (Å²) in [5.41, 5.74) is 8.65. The summed E-state index contributed by atoms with van der Waals surface area (Å²) in [7, 11) is 0. The molecule has 6 heteroatoms. The first-order chi connectivity index (χ1) is 7.49. The minimum absolute atomic E-state index is 0.529. The Hall–Kier alpha value is -1.18. The maximum atomic E-state index is 5.95. The molecule has 0 unspecified atom stereocenters. The summed E-state index contributed by atoms with van der Waals surface area (Å²) in [6, 6.07) is 1.92. The highest BCUT2D eigenvalue weighted by Gasteiger charge is 2.13. The number of anilines is 1. The number of hydrogen-bond donors (Lipinski definition) is 1. The van der Waals surface area contributed by atoms with Gasteiger partial charge >= 0.3 is 0 Å². The first-order valence-electron chi connectivity index (χ1n) is 4.82. The van der Waals surface area contributed by atoms with Gasteiger partial charge in [-0.25, -0.2) is 9.97 Å². The van der Waals surface area contributed by atoms with E-state index < -0.39 is 0 Å². The number of nitrogen functional groups attached to an aromatic ring is 1. The summed E-state index contributed by atoms with van der Waals surface area (Å²) in [5, 5.41) is 4.32. The van der Waals surface area contributed by atoms with Crippen molar-refractivity contribution in [3.63, 3.8) is 0 Å². The van der Waals surface area contributed by atoms with Crippen molar-refractivity contribution in [1.82, 2.24) is 19.7 Å². The molecule has 0 saturated carbocycles. The molecular formula is C10H12IN5. The minimum Gasteiger partial charge on any atom is -0.383 e. The molecule has 2 aromatic rings. The van der Waals surface area contributed by atoms with E-state index in [-0.39, 0.29) is 0 Å². The first-order valence-corrected chi connectivity index (χ1v) is 5.90. The SMILES string of the molecule is Cc1cc(C)nc(-n2nc(C)c(I)c2N)n1. The fraction of sp³-hybridized carbons (Fsp3) is 0.300. The monoisotopic (exact) mass is 329 g/mol. The molecule has 0 amide bonds. The van der Waals surface area contributed by atoms with E-state index in [0.29, 0.717) is 11.8 Å². The van der Waals surface area contributed by atoms with Crippen molar-refractivity contribution < 1.29 is 0 Å². The van der Waals surface area contributed by atoms with Gasteiger partial charge in [-0.3, -0.25) is 0 Å². The van der Waals surface area contributed by atoms with E-state index in [0.717, 1.165) is 20.7 Å². The van der Waals surface area contributed by atoms with Crippen LogP contribution in [0, 0.1) is 24.3 Å². The quantitative estimate of drug-likeness (QED) is 0.810. The van der Waals surface area contributed by atoms with Gasteiger partial charge in [0.1, 0.15) is 5.82 Å². The van der Waals surface area contributed by atoms with E-state index in [4.69, 9.17) is 5.73 Å². The molecule has 5 nitrogen and oxygen atoms in total. The van der Waals surface area contributed by atoms with Gasteiger partial charge in [-0.15, -0.1) is 0 Å². The van der Waals surface area contributed by atoms with Gasteiger partial charge in [0.15, 0.2) is 0 Å². The highest BCUT2D eigenvalue weighted by Crippen LogP contribution is 2.20. The molecule has 0 aromatic carbocycles. The molecule has 0 saturated heterocycles. The van der Waals surface area contributed by atoms with Crippen LogP contribution in [0.25, 0.3) is 5.95 Å². The normalized spacial score (nSPS) is 10.8. The number of halogens is 1. The van der Waals surface area contributed by atoms with Crippen LogP contribution in [0.15, 0.2) is 6.07 Å². The maximum Gasteiger partial charge on any atom is 0.252 e. The molecule has 16 heavy (non-hydrogen) atoms. The van der Waals surface area contributed by atoms with E-state index in [1.165, 1.54) is 0 Å². The molecule has 0 fully saturated rings. The third-order valence-electron chi connectivity index (χ3n) is 2.18. The van der Waals surface area contributed by atoms with Crippen molar-refractivity contribution in [1.29, 1.82) is 0 Å². The van der Waals surface area contributed by atoms with Crippen molar-refractivity contribution in [2.75, 3.05) is 5.73 Å². The van der Waals surface area contributed by atoms with Crippen LogP contribution in [0.4, 0.5) is 5.82 Å². The predicted octanol–water partition coefficient (Wildman–Crippen LogP) is 1.77. The Balaban J connectivity index is 2.62. The second-order valence-corrected chi connectivity index (χ2v) is 4.73. The Bertz CT molecular complexity index is 526. The van der Waals surface area contributed by atoms with Crippen LogP contribution in [0.5, 0.6) is 0 Å². The predicted molar refractivity (Wildman–Crippen MR) is 70.5 cm³/mol. The summed E-state index contributed by atoms with van der Waals surface area (Å²) >= 11 is 2.17. The fourth-order valence-corrected chi connectivity index (χ4v) is 1.82. The molecule has 0 bridgehead atoms. The second-order valence-electron chi connectivity index (χ2n) is 3.65. The lowest BCUT2D eigenvalue weighted by Crippen LogP contribution is -2.08. The second kappa shape index (κ2) is 4.00. The van der Waals surface area contributed by atoms with Gasteiger partial charge < -0.3 is 5.73 Å². The molecule has 2 N–H and O–H groups in total. The highest BCUT2D eigenvalue weighted by atomic mass is 127. The Morgan fingerprint density at radius 1 is 1.19 bits per heavy atom. The van der Waals surface area contributed by atoms with Crippen LogP contribution < -0.4 is 5.73 Å². The summed E-state index contributed by atoms with van der Waals surface area (Å²) < 4.78 is 2.53. The summed E-state index contributed by atoms with van der Waals surface area (Å²) in [6.45, 7) is 5.77. The standard InChI is InChI=1S/C10H12IN5/c1-5-4-6(2)14-10(13-5)16-9(12)8(11)7(3)15-16/h4H,12H2,1-3H3. The molecule has 0 spiro atoms. The fourth-order valence-electron chi connectivity index (χ4n) is 1.48. The molecule has 0 radical (unpaired) electrons. The average molecular weight is 329 g/mol. The maximum absolute atomic E-state index is 5.95. The summed E-state index contributed by atoms with van der Waals surface area (Å²) in [6.07, 6.45) is 0. The van der Waals surface area contributed by atoms with Crippen LogP contribution in [-0.2, 0) is 0 Å². The molecular weight excluding hydrogens is 317 g/mol. The van der Waals surface area contributed by atoms with Crippen LogP contribution >= 0.6 is 22.6 Å². The highest BCUT2D eigenvalue weighted by molar-refractivity contribution is 14.1. The Morgan fingerprint density at radius 3 is 2.19 bits per heavy atom. The summed E-state index contributed by atoms with van der Waals surface area (Å²) in [4.78, 5) is 8.65. The third-order valence-corrected chi connectivity index (χ3v) is 3.51. The zero-order chi connectivity index (χ0) is 11.9. The van der Waals surface area contributed by atoms with E-state index >= 15 is 0 Å². The molecule has 0 atom stereocenters. The van der Waals surface area contributed by atoms with Gasteiger partial charge in [0, 0.05) is 11.4 Å². The van der Waals surface area contributed by atoms with Crippen LogP contribution in [0.1, 0.15) is 17.1 Å². The Morgan fingerprint density at radius 2 is 1.75 bits per heavy atom. The molecule has 84 valence electrons. The van der Waals surface area contributed by atoms with Crippen molar-refractivity contribution >= 4 is 28.4 Å². The number of nitrogens with two attached hydrogens (primary N) is 1. The average Bonchev–Trinajstić information content (AvgIpc) is 2.44. The van der Waals surface area contributed by atoms with E-state index in [2.05, 4.69) is 37.7 Å². The smallest absolute Gasteiger partial charge is 0.252 e. The summed E-state index contributed by atoms with van der Waals surface area (Å²) in [5.74, 6) is 1.11. The lowest BCUT2D eigenvalue weighted by atomic mass is 10.4. The zero-order valence-corrected chi connectivity index (χ0v) is 11.5. The molecule has 2 aromatic heterocycles. The Kier molecular flexibility index (Phi) is 2.83. The number of aryl methyl sites for hydroxylation is 3. The van der Waals surface area contributed by atoms with Gasteiger partial charge in [0.05, 0.1) is 9.26 Å². The molecule has 2 heterocycles. The van der Waals surface area contributed by atoms with Crippen LogP contribution in [-0.4, -0.2) is 19.7 Å². The number of aromatic nitrogens is 4. The van der Waals surface area contributed by atoms with Gasteiger partial charge in [-0.2, -0.15) is 9.78 Å². The van der Waals surface area contributed by atoms with Gasteiger partial charge in [-0.05, 0) is 49.4 Å². The molecule has 2 rings (SSSR count). The van der Waals surface area contributed by atoms with E-state index in [1.54, 1.807) is 4.68 Å². The minimum atomic E-state index is 0.529. The molecule has 0 aliphatic heterocycles.